The highest BCUT2D eigenvalue weighted by atomic mass is 16.6. The minimum atomic E-state index is -0.440. The lowest BCUT2D eigenvalue weighted by Crippen LogP contribution is -2.54. The molecule has 1 aliphatic rings. The largest absolute Gasteiger partial charge is 0.444 e. The normalized spacial score (nSPS) is 22.1. The molecule has 1 rings (SSSR count). The molecule has 1 unspecified atom stereocenters. The molecule has 0 aromatic carbocycles. The maximum atomic E-state index is 11.8. The van der Waals surface area contributed by atoms with Crippen LogP contribution >= 0.6 is 0 Å². The molecule has 1 heterocycles. The summed E-state index contributed by atoms with van der Waals surface area (Å²) in [5, 5.41) is 6.35. The summed E-state index contributed by atoms with van der Waals surface area (Å²) in [5.74, 6) is 0.462. The van der Waals surface area contributed by atoms with Crippen LogP contribution < -0.4 is 10.6 Å². The monoisotopic (exact) mass is 242 g/mol. The van der Waals surface area contributed by atoms with Crippen LogP contribution in [0.15, 0.2) is 0 Å². The van der Waals surface area contributed by atoms with Gasteiger partial charge >= 0.3 is 6.09 Å². The molecule has 4 heteroatoms. The van der Waals surface area contributed by atoms with Gasteiger partial charge < -0.3 is 15.4 Å². The van der Waals surface area contributed by atoms with E-state index in [1.54, 1.807) is 0 Å². The van der Waals surface area contributed by atoms with E-state index in [1.165, 1.54) is 6.42 Å². The molecule has 1 atom stereocenters. The van der Waals surface area contributed by atoms with Crippen LogP contribution in [-0.4, -0.2) is 30.3 Å². The Morgan fingerprint density at radius 1 is 1.29 bits per heavy atom. The van der Waals surface area contributed by atoms with Crippen molar-refractivity contribution < 1.29 is 9.53 Å². The second-order valence-corrected chi connectivity index (χ2v) is 6.39. The van der Waals surface area contributed by atoms with Gasteiger partial charge in [0.1, 0.15) is 5.60 Å². The number of hydrogen-bond donors (Lipinski definition) is 2. The van der Waals surface area contributed by atoms with Crippen LogP contribution in [-0.2, 0) is 4.74 Å². The molecular formula is C13H26N2O2. The second kappa shape index (κ2) is 5.25. The van der Waals surface area contributed by atoms with Crippen molar-refractivity contribution in [2.24, 2.45) is 5.92 Å². The first-order valence-corrected chi connectivity index (χ1v) is 6.42. The highest BCUT2D eigenvalue weighted by Gasteiger charge is 2.33. The number of ether oxygens (including phenoxy) is 1. The first-order valence-electron chi connectivity index (χ1n) is 6.42. The molecule has 4 nitrogen and oxygen atoms in total. The molecule has 0 radical (unpaired) electrons. The van der Waals surface area contributed by atoms with Crippen molar-refractivity contribution in [3.63, 3.8) is 0 Å². The number of amides is 1. The molecule has 1 amide bonds. The maximum absolute atomic E-state index is 11.8. The molecule has 0 spiro atoms. The van der Waals surface area contributed by atoms with E-state index >= 15 is 0 Å². The van der Waals surface area contributed by atoms with Gasteiger partial charge in [-0.3, -0.25) is 0 Å². The van der Waals surface area contributed by atoms with Gasteiger partial charge in [0.25, 0.3) is 0 Å². The first kappa shape index (κ1) is 14.3. The van der Waals surface area contributed by atoms with Gasteiger partial charge in [0.2, 0.25) is 0 Å². The van der Waals surface area contributed by atoms with Gasteiger partial charge in [-0.25, -0.2) is 4.79 Å². The van der Waals surface area contributed by atoms with Crippen LogP contribution in [0.3, 0.4) is 0 Å². The lowest BCUT2D eigenvalue weighted by molar-refractivity contribution is 0.0424. The Labute approximate surface area is 104 Å². The van der Waals surface area contributed by atoms with Crippen LogP contribution in [0.5, 0.6) is 0 Å². The Balaban J connectivity index is 2.50. The number of alkyl carbamates (subject to hydrolysis) is 1. The van der Waals surface area contributed by atoms with Crippen LogP contribution in [0.1, 0.15) is 47.5 Å². The van der Waals surface area contributed by atoms with Crippen molar-refractivity contribution in [1.29, 1.82) is 0 Å². The fraction of sp³-hybridized carbons (Fsp3) is 0.923. The van der Waals surface area contributed by atoms with Crippen molar-refractivity contribution >= 4 is 6.09 Å². The van der Waals surface area contributed by atoms with Gasteiger partial charge in [-0.2, -0.15) is 0 Å². The van der Waals surface area contributed by atoms with Gasteiger partial charge in [-0.15, -0.1) is 0 Å². The van der Waals surface area contributed by atoms with E-state index in [2.05, 4.69) is 24.5 Å². The lowest BCUT2D eigenvalue weighted by atomic mass is 9.82. The van der Waals surface area contributed by atoms with E-state index < -0.39 is 5.60 Å². The van der Waals surface area contributed by atoms with Crippen LogP contribution in [0.4, 0.5) is 4.79 Å². The Morgan fingerprint density at radius 3 is 2.41 bits per heavy atom. The third-order valence-corrected chi connectivity index (χ3v) is 3.14. The average Bonchev–Trinajstić information content (AvgIpc) is 2.15. The number of nitrogens with one attached hydrogen (secondary N) is 2. The predicted molar refractivity (Wildman–Crippen MR) is 69.0 cm³/mol. The van der Waals surface area contributed by atoms with E-state index in [0.29, 0.717) is 5.92 Å². The van der Waals surface area contributed by atoms with Gasteiger partial charge in [0.15, 0.2) is 0 Å². The van der Waals surface area contributed by atoms with Gasteiger partial charge in [-0.05, 0) is 59.9 Å². The summed E-state index contributed by atoms with van der Waals surface area (Å²) in [6.07, 6.45) is 1.99. The zero-order chi connectivity index (χ0) is 13.1. The van der Waals surface area contributed by atoms with E-state index in [0.717, 1.165) is 19.5 Å². The molecule has 2 N–H and O–H groups in total. The molecule has 0 bridgehead atoms. The molecule has 1 saturated heterocycles. The molecule has 1 aliphatic heterocycles. The number of piperidine rings is 1. The molecular weight excluding hydrogens is 216 g/mol. The van der Waals surface area contributed by atoms with E-state index in [4.69, 9.17) is 4.74 Å². The number of hydrogen-bond acceptors (Lipinski definition) is 3. The highest BCUT2D eigenvalue weighted by molar-refractivity contribution is 5.68. The summed E-state index contributed by atoms with van der Waals surface area (Å²) in [7, 11) is 0. The summed E-state index contributed by atoms with van der Waals surface area (Å²) < 4.78 is 5.29. The quantitative estimate of drug-likeness (QED) is 0.781. The zero-order valence-electron chi connectivity index (χ0n) is 11.7. The predicted octanol–water partition coefficient (Wildman–Crippen LogP) is 2.29. The Hall–Kier alpha value is -0.770. The summed E-state index contributed by atoms with van der Waals surface area (Å²) in [6, 6.07) is 0. The van der Waals surface area contributed by atoms with Crippen LogP contribution in [0.2, 0.25) is 0 Å². The highest BCUT2D eigenvalue weighted by Crippen LogP contribution is 2.24. The Kier molecular flexibility index (Phi) is 4.42. The lowest BCUT2D eigenvalue weighted by Gasteiger charge is -2.38. The third kappa shape index (κ3) is 4.94. The Bertz CT molecular complexity index is 263. The van der Waals surface area contributed by atoms with Crippen LogP contribution in [0, 0.1) is 5.92 Å². The zero-order valence-corrected chi connectivity index (χ0v) is 11.7. The minimum Gasteiger partial charge on any atom is -0.444 e. The molecule has 0 aliphatic carbocycles. The minimum absolute atomic E-state index is 0.226. The molecule has 17 heavy (non-hydrogen) atoms. The molecule has 0 aromatic rings. The van der Waals surface area contributed by atoms with Crippen molar-refractivity contribution in [2.75, 3.05) is 13.1 Å². The molecule has 1 fully saturated rings. The Morgan fingerprint density at radius 2 is 1.94 bits per heavy atom. The average molecular weight is 242 g/mol. The van der Waals surface area contributed by atoms with Crippen molar-refractivity contribution in [2.45, 2.75) is 58.6 Å². The fourth-order valence-corrected chi connectivity index (χ4v) is 2.14. The molecule has 0 saturated carbocycles. The topological polar surface area (TPSA) is 50.4 Å². The number of carbonyl (C=O) groups is 1. The maximum Gasteiger partial charge on any atom is 0.408 e. The fourth-order valence-electron chi connectivity index (χ4n) is 2.14. The SMILES string of the molecule is CC(C)(C)OC(=O)NC(C)(C)C1CCCNC1. The smallest absolute Gasteiger partial charge is 0.408 e. The van der Waals surface area contributed by atoms with E-state index in [1.807, 2.05) is 20.8 Å². The summed E-state index contributed by atoms with van der Waals surface area (Å²) in [4.78, 5) is 11.8. The number of rotatable bonds is 2. The van der Waals surface area contributed by atoms with Gasteiger partial charge in [0.05, 0.1) is 0 Å². The van der Waals surface area contributed by atoms with Gasteiger partial charge in [0, 0.05) is 12.1 Å². The van der Waals surface area contributed by atoms with Crippen molar-refractivity contribution in [1.82, 2.24) is 10.6 Å². The standard InChI is InChI=1S/C13H26N2O2/c1-12(2,3)17-11(16)15-13(4,5)10-7-6-8-14-9-10/h10,14H,6-9H2,1-5H3,(H,15,16). The number of carbonyl (C=O) groups excluding carboxylic acids is 1. The van der Waals surface area contributed by atoms with Crippen molar-refractivity contribution in [3.05, 3.63) is 0 Å². The second-order valence-electron chi connectivity index (χ2n) is 6.39. The van der Waals surface area contributed by atoms with E-state index in [-0.39, 0.29) is 11.6 Å². The summed E-state index contributed by atoms with van der Waals surface area (Å²) in [5.41, 5.74) is -0.666. The molecule has 0 aromatic heterocycles. The first-order chi connectivity index (χ1) is 7.71. The van der Waals surface area contributed by atoms with Gasteiger partial charge in [-0.1, -0.05) is 0 Å². The van der Waals surface area contributed by atoms with E-state index in [9.17, 15) is 4.79 Å². The summed E-state index contributed by atoms with van der Waals surface area (Å²) >= 11 is 0. The van der Waals surface area contributed by atoms with Crippen LogP contribution in [0.25, 0.3) is 0 Å². The third-order valence-electron chi connectivity index (χ3n) is 3.14. The molecule has 100 valence electrons. The summed E-state index contributed by atoms with van der Waals surface area (Å²) in [6.45, 7) is 11.8. The van der Waals surface area contributed by atoms with Crippen molar-refractivity contribution in [3.8, 4) is 0 Å².